The van der Waals surface area contributed by atoms with Crippen LogP contribution in [-0.4, -0.2) is 20.2 Å². The highest BCUT2D eigenvalue weighted by molar-refractivity contribution is 5.37. The highest BCUT2D eigenvalue weighted by Crippen LogP contribution is 2.41. The Hall–Kier alpha value is -1.02. The van der Waals surface area contributed by atoms with Gasteiger partial charge in [0.1, 0.15) is 5.75 Å². The predicted molar refractivity (Wildman–Crippen MR) is 71.6 cm³/mol. The summed E-state index contributed by atoms with van der Waals surface area (Å²) in [5.41, 5.74) is 2.63. The van der Waals surface area contributed by atoms with E-state index in [1.807, 2.05) is 0 Å². The minimum atomic E-state index is 0.584. The minimum absolute atomic E-state index is 0.584. The normalized spacial score (nSPS) is 24.5. The zero-order valence-corrected chi connectivity index (χ0v) is 11.3. The van der Waals surface area contributed by atoms with Crippen molar-refractivity contribution in [1.82, 2.24) is 5.32 Å². The summed E-state index contributed by atoms with van der Waals surface area (Å²) >= 11 is 0. The molecule has 0 radical (unpaired) electrons. The third kappa shape index (κ3) is 2.81. The van der Waals surface area contributed by atoms with Crippen LogP contribution in [0.3, 0.4) is 0 Å². The van der Waals surface area contributed by atoms with Crippen molar-refractivity contribution in [3.63, 3.8) is 0 Å². The van der Waals surface area contributed by atoms with Crippen molar-refractivity contribution in [2.75, 3.05) is 14.2 Å². The first kappa shape index (κ1) is 12.4. The van der Waals surface area contributed by atoms with Gasteiger partial charge in [0, 0.05) is 6.04 Å². The quantitative estimate of drug-likeness (QED) is 0.844. The summed E-state index contributed by atoms with van der Waals surface area (Å²) in [5, 5.41) is 3.46. The van der Waals surface area contributed by atoms with Crippen molar-refractivity contribution in [3.8, 4) is 5.75 Å². The molecule has 0 bridgehead atoms. The molecule has 0 spiro atoms. The number of methoxy groups -OCH3 is 1. The molecule has 2 heteroatoms. The molecule has 1 saturated carbocycles. The largest absolute Gasteiger partial charge is 0.496 e. The summed E-state index contributed by atoms with van der Waals surface area (Å²) in [6.07, 6.45) is 2.43. The standard InChI is InChI=1S/C15H23NO/c1-10-5-6-15(17-4)12(7-10)9-14(16-3)13-8-11(13)2/h5-7,11,13-14,16H,8-9H2,1-4H3. The fourth-order valence-electron chi connectivity index (χ4n) is 2.68. The molecule has 1 aromatic rings. The molecule has 1 N–H and O–H groups in total. The number of nitrogens with one attached hydrogen (secondary N) is 1. The third-order valence-corrected chi connectivity index (χ3v) is 3.94. The molecule has 3 unspecified atom stereocenters. The maximum Gasteiger partial charge on any atom is 0.122 e. The molecule has 0 saturated heterocycles. The van der Waals surface area contributed by atoms with E-state index in [2.05, 4.69) is 44.4 Å². The van der Waals surface area contributed by atoms with Crippen LogP contribution in [0.5, 0.6) is 5.75 Å². The van der Waals surface area contributed by atoms with Gasteiger partial charge in [-0.15, -0.1) is 0 Å². The van der Waals surface area contributed by atoms with Gasteiger partial charge in [-0.2, -0.15) is 0 Å². The Bertz CT molecular complexity index is 389. The SMILES string of the molecule is CNC(Cc1cc(C)ccc1OC)C1CC1C. The maximum absolute atomic E-state index is 5.44. The predicted octanol–water partition coefficient (Wildman–Crippen LogP) is 2.79. The molecule has 1 aliphatic rings. The second-order valence-electron chi connectivity index (χ2n) is 5.29. The van der Waals surface area contributed by atoms with Gasteiger partial charge >= 0.3 is 0 Å². The lowest BCUT2D eigenvalue weighted by Crippen LogP contribution is -2.30. The van der Waals surface area contributed by atoms with Crippen molar-refractivity contribution < 1.29 is 4.74 Å². The van der Waals surface area contributed by atoms with E-state index < -0.39 is 0 Å². The number of hydrogen-bond donors (Lipinski definition) is 1. The Kier molecular flexibility index (Phi) is 3.72. The lowest BCUT2D eigenvalue weighted by Gasteiger charge is -2.18. The topological polar surface area (TPSA) is 21.3 Å². The van der Waals surface area contributed by atoms with Crippen molar-refractivity contribution in [3.05, 3.63) is 29.3 Å². The third-order valence-electron chi connectivity index (χ3n) is 3.94. The first-order valence-electron chi connectivity index (χ1n) is 6.46. The van der Waals surface area contributed by atoms with Gasteiger partial charge in [-0.05, 0) is 50.3 Å². The zero-order chi connectivity index (χ0) is 12.4. The van der Waals surface area contributed by atoms with E-state index >= 15 is 0 Å². The Morgan fingerprint density at radius 3 is 2.71 bits per heavy atom. The maximum atomic E-state index is 5.44. The van der Waals surface area contributed by atoms with Crippen LogP contribution in [0.4, 0.5) is 0 Å². The molecule has 0 aliphatic heterocycles. The van der Waals surface area contributed by atoms with Crippen molar-refractivity contribution in [2.24, 2.45) is 11.8 Å². The first-order chi connectivity index (χ1) is 8.15. The molecule has 94 valence electrons. The van der Waals surface area contributed by atoms with E-state index in [4.69, 9.17) is 4.74 Å². The fourth-order valence-corrected chi connectivity index (χ4v) is 2.68. The summed E-state index contributed by atoms with van der Waals surface area (Å²) in [6, 6.07) is 7.01. The second kappa shape index (κ2) is 5.09. The number of ether oxygens (including phenoxy) is 1. The molecular weight excluding hydrogens is 210 g/mol. The summed E-state index contributed by atoms with van der Waals surface area (Å²) in [6.45, 7) is 4.47. The van der Waals surface area contributed by atoms with Crippen molar-refractivity contribution >= 4 is 0 Å². The molecule has 0 heterocycles. The van der Waals surface area contributed by atoms with E-state index in [1.165, 1.54) is 17.5 Å². The molecule has 0 amide bonds. The highest BCUT2D eigenvalue weighted by atomic mass is 16.5. The van der Waals surface area contributed by atoms with Gasteiger partial charge in [-0.25, -0.2) is 0 Å². The van der Waals surface area contributed by atoms with Crippen LogP contribution in [-0.2, 0) is 6.42 Å². The van der Waals surface area contributed by atoms with Gasteiger partial charge in [-0.1, -0.05) is 24.6 Å². The second-order valence-corrected chi connectivity index (χ2v) is 5.29. The average molecular weight is 233 g/mol. The number of hydrogen-bond acceptors (Lipinski definition) is 2. The van der Waals surface area contributed by atoms with Crippen LogP contribution in [0.1, 0.15) is 24.5 Å². The monoisotopic (exact) mass is 233 g/mol. The van der Waals surface area contributed by atoms with Crippen LogP contribution in [0.2, 0.25) is 0 Å². The molecule has 2 rings (SSSR count). The minimum Gasteiger partial charge on any atom is -0.496 e. The van der Waals surface area contributed by atoms with Gasteiger partial charge in [0.25, 0.3) is 0 Å². The molecule has 3 atom stereocenters. The van der Waals surface area contributed by atoms with Crippen LogP contribution >= 0.6 is 0 Å². The van der Waals surface area contributed by atoms with Crippen LogP contribution in [0, 0.1) is 18.8 Å². The molecule has 17 heavy (non-hydrogen) atoms. The lowest BCUT2D eigenvalue weighted by molar-refractivity contribution is 0.401. The number of likely N-dealkylation sites (N-methyl/N-ethyl adjacent to an activating group) is 1. The Morgan fingerprint density at radius 1 is 1.47 bits per heavy atom. The summed E-state index contributed by atoms with van der Waals surface area (Å²) in [4.78, 5) is 0. The van der Waals surface area contributed by atoms with Gasteiger partial charge in [0.15, 0.2) is 0 Å². The van der Waals surface area contributed by atoms with Gasteiger partial charge < -0.3 is 10.1 Å². The Balaban J connectivity index is 2.13. The molecule has 1 aromatic carbocycles. The molecule has 2 nitrogen and oxygen atoms in total. The average Bonchev–Trinajstić information content (AvgIpc) is 3.03. The van der Waals surface area contributed by atoms with Gasteiger partial charge in [0.2, 0.25) is 0 Å². The Morgan fingerprint density at radius 2 is 2.18 bits per heavy atom. The van der Waals surface area contributed by atoms with Gasteiger partial charge in [0.05, 0.1) is 7.11 Å². The Labute approximate surface area is 104 Å². The van der Waals surface area contributed by atoms with Crippen LogP contribution in [0.15, 0.2) is 18.2 Å². The summed E-state index contributed by atoms with van der Waals surface area (Å²) in [7, 11) is 3.82. The first-order valence-corrected chi connectivity index (χ1v) is 6.46. The van der Waals surface area contributed by atoms with E-state index in [-0.39, 0.29) is 0 Å². The smallest absolute Gasteiger partial charge is 0.122 e. The van der Waals surface area contributed by atoms with Crippen LogP contribution in [0.25, 0.3) is 0 Å². The van der Waals surface area contributed by atoms with E-state index in [1.54, 1.807) is 7.11 Å². The summed E-state index contributed by atoms with van der Waals surface area (Å²) < 4.78 is 5.44. The number of rotatable bonds is 5. The molecule has 1 aliphatic carbocycles. The van der Waals surface area contributed by atoms with Crippen molar-refractivity contribution in [1.29, 1.82) is 0 Å². The zero-order valence-electron chi connectivity index (χ0n) is 11.3. The van der Waals surface area contributed by atoms with E-state index in [9.17, 15) is 0 Å². The van der Waals surface area contributed by atoms with Gasteiger partial charge in [-0.3, -0.25) is 0 Å². The number of benzene rings is 1. The molecule has 0 aromatic heterocycles. The lowest BCUT2D eigenvalue weighted by atomic mass is 9.99. The fraction of sp³-hybridized carbons (Fsp3) is 0.600. The summed E-state index contributed by atoms with van der Waals surface area (Å²) in [5.74, 6) is 2.73. The highest BCUT2D eigenvalue weighted by Gasteiger charge is 2.38. The number of aryl methyl sites for hydroxylation is 1. The van der Waals surface area contributed by atoms with E-state index in [0.717, 1.165) is 24.0 Å². The van der Waals surface area contributed by atoms with Crippen molar-refractivity contribution in [2.45, 2.75) is 32.7 Å². The van der Waals surface area contributed by atoms with E-state index in [0.29, 0.717) is 6.04 Å². The molecule has 1 fully saturated rings. The van der Waals surface area contributed by atoms with Crippen LogP contribution < -0.4 is 10.1 Å². The molecular formula is C15H23NO.